The zero-order chi connectivity index (χ0) is 21.7. The van der Waals surface area contributed by atoms with E-state index in [9.17, 15) is 9.59 Å². The van der Waals surface area contributed by atoms with Gasteiger partial charge in [-0.05, 0) is 25.0 Å². The number of carbonyl (C=O) groups excluding carboxylic acids is 1. The first-order valence-electron chi connectivity index (χ1n) is 9.88. The third-order valence-electron chi connectivity index (χ3n) is 5.38. The highest BCUT2D eigenvalue weighted by Gasteiger charge is 2.17. The van der Waals surface area contributed by atoms with Crippen LogP contribution < -0.4 is 15.0 Å². The van der Waals surface area contributed by atoms with Gasteiger partial charge in [0.1, 0.15) is 0 Å². The fourth-order valence-electron chi connectivity index (χ4n) is 3.39. The molecule has 1 atom stereocenters. The first kappa shape index (κ1) is 21.4. The van der Waals surface area contributed by atoms with Gasteiger partial charge >= 0.3 is 0 Å². The molecule has 30 heavy (non-hydrogen) atoms. The molecule has 0 fully saturated rings. The van der Waals surface area contributed by atoms with Crippen molar-refractivity contribution in [1.29, 1.82) is 0 Å². The topological polar surface area (TPSA) is 73.7 Å². The molecular weight excluding hydrogens is 382 g/mol. The van der Waals surface area contributed by atoms with Gasteiger partial charge in [0.2, 0.25) is 5.91 Å². The molecule has 0 bridgehead atoms. The number of hydrogen-bond donors (Lipinski definition) is 0. The van der Waals surface area contributed by atoms with Gasteiger partial charge in [-0.15, -0.1) is 0 Å². The Morgan fingerprint density at radius 3 is 2.47 bits per heavy atom. The standard InChI is InChI=1S/C23H27N3O4/c1-16(17-9-6-5-7-10-17)25(2)22(27)11-8-12-26-15-24-19-14-21(30-4)20(29-3)13-18(19)23(26)28/h5-7,9-10,13-16H,8,11-12H2,1-4H3. The van der Waals surface area contributed by atoms with E-state index >= 15 is 0 Å². The number of hydrogen-bond acceptors (Lipinski definition) is 5. The largest absolute Gasteiger partial charge is 0.493 e. The number of nitrogens with zero attached hydrogens (tertiary/aromatic N) is 3. The molecule has 158 valence electrons. The van der Waals surface area contributed by atoms with Gasteiger partial charge in [-0.3, -0.25) is 14.2 Å². The molecule has 2 aromatic carbocycles. The molecule has 0 aliphatic heterocycles. The fourth-order valence-corrected chi connectivity index (χ4v) is 3.39. The minimum atomic E-state index is -0.167. The van der Waals surface area contributed by atoms with Gasteiger partial charge in [0.15, 0.2) is 11.5 Å². The number of amides is 1. The van der Waals surface area contributed by atoms with Crippen LogP contribution in [0, 0.1) is 0 Å². The van der Waals surface area contributed by atoms with E-state index in [0.29, 0.717) is 41.8 Å². The molecule has 3 rings (SSSR count). The van der Waals surface area contributed by atoms with E-state index in [0.717, 1.165) is 5.56 Å². The van der Waals surface area contributed by atoms with Crippen LogP contribution in [0.3, 0.4) is 0 Å². The maximum absolute atomic E-state index is 12.8. The monoisotopic (exact) mass is 409 g/mol. The normalized spacial score (nSPS) is 11.9. The Balaban J connectivity index is 1.67. The van der Waals surface area contributed by atoms with E-state index in [1.165, 1.54) is 25.1 Å². The molecule has 0 spiro atoms. The van der Waals surface area contributed by atoms with E-state index in [1.807, 2.05) is 44.3 Å². The Labute approximate surface area is 175 Å². The highest BCUT2D eigenvalue weighted by Crippen LogP contribution is 2.29. The van der Waals surface area contributed by atoms with Gasteiger partial charge < -0.3 is 14.4 Å². The zero-order valence-electron chi connectivity index (χ0n) is 17.8. The molecule has 0 radical (unpaired) electrons. The van der Waals surface area contributed by atoms with E-state index in [2.05, 4.69) is 4.98 Å². The molecule has 0 N–H and O–H groups in total. The van der Waals surface area contributed by atoms with Crippen molar-refractivity contribution in [2.75, 3.05) is 21.3 Å². The summed E-state index contributed by atoms with van der Waals surface area (Å²) in [5, 5.41) is 0.455. The molecule has 1 amide bonds. The molecule has 1 unspecified atom stereocenters. The lowest BCUT2D eigenvalue weighted by atomic mass is 10.1. The Bertz CT molecular complexity index is 1080. The average molecular weight is 409 g/mol. The predicted octanol–water partition coefficient (Wildman–Crippen LogP) is 3.41. The molecule has 0 aliphatic carbocycles. The quantitative estimate of drug-likeness (QED) is 0.570. The van der Waals surface area contributed by atoms with Crippen molar-refractivity contribution in [2.45, 2.75) is 32.4 Å². The maximum atomic E-state index is 12.8. The van der Waals surface area contributed by atoms with Crippen molar-refractivity contribution in [2.24, 2.45) is 0 Å². The molecule has 7 heteroatoms. The van der Waals surface area contributed by atoms with Crippen molar-refractivity contribution in [3.05, 3.63) is 64.7 Å². The first-order valence-corrected chi connectivity index (χ1v) is 9.88. The molecule has 1 heterocycles. The third-order valence-corrected chi connectivity index (χ3v) is 5.38. The minimum Gasteiger partial charge on any atom is -0.493 e. The lowest BCUT2D eigenvalue weighted by Gasteiger charge is -2.25. The Morgan fingerprint density at radius 1 is 1.13 bits per heavy atom. The van der Waals surface area contributed by atoms with Gasteiger partial charge in [-0.1, -0.05) is 30.3 Å². The summed E-state index contributed by atoms with van der Waals surface area (Å²) < 4.78 is 12.1. The maximum Gasteiger partial charge on any atom is 0.261 e. The number of fused-ring (bicyclic) bond motifs is 1. The molecule has 7 nitrogen and oxygen atoms in total. The van der Waals surface area contributed by atoms with Crippen molar-refractivity contribution in [3.8, 4) is 11.5 Å². The number of benzene rings is 2. The van der Waals surface area contributed by atoms with Crippen molar-refractivity contribution in [1.82, 2.24) is 14.5 Å². The van der Waals surface area contributed by atoms with Gasteiger partial charge in [0.25, 0.3) is 5.56 Å². The lowest BCUT2D eigenvalue weighted by Crippen LogP contribution is -2.30. The summed E-state index contributed by atoms with van der Waals surface area (Å²) in [5.41, 5.74) is 1.47. The van der Waals surface area contributed by atoms with Gasteiger partial charge in [0.05, 0.1) is 37.5 Å². The second-order valence-electron chi connectivity index (χ2n) is 7.16. The van der Waals surface area contributed by atoms with Crippen LogP contribution >= 0.6 is 0 Å². The summed E-state index contributed by atoms with van der Waals surface area (Å²) in [4.78, 5) is 31.5. The Kier molecular flexibility index (Phi) is 6.72. The van der Waals surface area contributed by atoms with Crippen molar-refractivity contribution >= 4 is 16.8 Å². The number of aromatic nitrogens is 2. The van der Waals surface area contributed by atoms with Crippen LogP contribution in [-0.4, -0.2) is 41.6 Å². The van der Waals surface area contributed by atoms with Crippen LogP contribution in [0.5, 0.6) is 11.5 Å². The van der Waals surface area contributed by atoms with Crippen LogP contribution in [0.2, 0.25) is 0 Å². The SMILES string of the molecule is COc1cc2ncn(CCCC(=O)N(C)C(C)c3ccccc3)c(=O)c2cc1OC. The fraction of sp³-hybridized carbons (Fsp3) is 0.348. The Hall–Kier alpha value is -3.35. The number of rotatable bonds is 8. The second kappa shape index (κ2) is 9.43. The molecule has 0 aliphatic rings. The predicted molar refractivity (Wildman–Crippen MR) is 116 cm³/mol. The van der Waals surface area contributed by atoms with Crippen LogP contribution in [-0.2, 0) is 11.3 Å². The van der Waals surface area contributed by atoms with Gasteiger partial charge in [-0.25, -0.2) is 4.98 Å². The molecule has 3 aromatic rings. The van der Waals surface area contributed by atoms with Crippen LogP contribution in [0.4, 0.5) is 0 Å². The zero-order valence-corrected chi connectivity index (χ0v) is 17.8. The van der Waals surface area contributed by atoms with Crippen molar-refractivity contribution < 1.29 is 14.3 Å². The number of aryl methyl sites for hydroxylation is 1. The molecule has 0 saturated carbocycles. The summed E-state index contributed by atoms with van der Waals surface area (Å²) in [5.74, 6) is 1.05. The lowest BCUT2D eigenvalue weighted by molar-refractivity contribution is -0.131. The number of methoxy groups -OCH3 is 2. The summed E-state index contributed by atoms with van der Waals surface area (Å²) >= 11 is 0. The summed E-state index contributed by atoms with van der Waals surface area (Å²) in [6.45, 7) is 2.42. The second-order valence-corrected chi connectivity index (χ2v) is 7.16. The highest BCUT2D eigenvalue weighted by molar-refractivity contribution is 5.81. The van der Waals surface area contributed by atoms with E-state index in [4.69, 9.17) is 9.47 Å². The Morgan fingerprint density at radius 2 is 1.80 bits per heavy atom. The molecular formula is C23H27N3O4. The summed E-state index contributed by atoms with van der Waals surface area (Å²) in [6, 6.07) is 13.2. The van der Waals surface area contributed by atoms with E-state index in [-0.39, 0.29) is 17.5 Å². The first-order chi connectivity index (χ1) is 14.5. The van der Waals surface area contributed by atoms with Gasteiger partial charge in [-0.2, -0.15) is 0 Å². The van der Waals surface area contributed by atoms with E-state index in [1.54, 1.807) is 17.0 Å². The third kappa shape index (κ3) is 4.45. The highest BCUT2D eigenvalue weighted by atomic mass is 16.5. The van der Waals surface area contributed by atoms with Crippen LogP contribution in [0.15, 0.2) is 53.6 Å². The number of ether oxygens (including phenoxy) is 2. The summed E-state index contributed by atoms with van der Waals surface area (Å²) in [7, 11) is 4.87. The molecule has 1 aromatic heterocycles. The average Bonchev–Trinajstić information content (AvgIpc) is 2.79. The van der Waals surface area contributed by atoms with Crippen LogP contribution in [0.25, 0.3) is 10.9 Å². The van der Waals surface area contributed by atoms with E-state index < -0.39 is 0 Å². The minimum absolute atomic E-state index is 0.00815. The van der Waals surface area contributed by atoms with Crippen molar-refractivity contribution in [3.63, 3.8) is 0 Å². The molecule has 0 saturated heterocycles. The number of carbonyl (C=O) groups is 1. The van der Waals surface area contributed by atoms with Gasteiger partial charge in [0, 0.05) is 26.1 Å². The smallest absolute Gasteiger partial charge is 0.261 e. The van der Waals surface area contributed by atoms with Crippen LogP contribution in [0.1, 0.15) is 31.4 Å². The summed E-state index contributed by atoms with van der Waals surface area (Å²) in [6.07, 6.45) is 2.41.